The summed E-state index contributed by atoms with van der Waals surface area (Å²) in [5, 5.41) is 4.09. The minimum atomic E-state index is -0.0193. The number of hydrogen-bond donors (Lipinski definition) is 3. The van der Waals surface area contributed by atoms with E-state index in [1.165, 1.54) is 11.1 Å². The molecule has 0 bridgehead atoms. The van der Waals surface area contributed by atoms with Gasteiger partial charge in [0.05, 0.1) is 0 Å². The number of H-pyrrole nitrogens is 1. The molecule has 0 atom stereocenters. The van der Waals surface area contributed by atoms with Crippen molar-refractivity contribution in [1.29, 1.82) is 0 Å². The number of likely N-dealkylation sites (N-methyl/N-ethyl adjacent to an activating group) is 1. The SMILES string of the molecule is Cc1cc2cc(C(=O)NCCN(C)CCCc3ccc(CN)cc3)ccc2[nH]1.Cl.Cl. The maximum atomic E-state index is 12.4. The second-order valence-corrected chi connectivity index (χ2v) is 7.44. The quantitative estimate of drug-likeness (QED) is 0.459. The molecule has 3 rings (SSSR count). The lowest BCUT2D eigenvalue weighted by atomic mass is 10.1. The highest BCUT2D eigenvalue weighted by Gasteiger charge is 2.08. The van der Waals surface area contributed by atoms with Gasteiger partial charge < -0.3 is 20.9 Å². The van der Waals surface area contributed by atoms with Crippen LogP contribution in [0.25, 0.3) is 10.9 Å². The van der Waals surface area contributed by atoms with Gasteiger partial charge in [0, 0.05) is 41.8 Å². The largest absolute Gasteiger partial charge is 0.359 e. The molecule has 0 aliphatic rings. The summed E-state index contributed by atoms with van der Waals surface area (Å²) in [6.07, 6.45) is 2.15. The molecule has 2 aromatic carbocycles. The molecular formula is C23H32Cl2N4O. The number of nitrogens with two attached hydrogens (primary N) is 1. The molecule has 0 saturated carbocycles. The van der Waals surface area contributed by atoms with Crippen LogP contribution in [-0.2, 0) is 13.0 Å². The topological polar surface area (TPSA) is 74.2 Å². The van der Waals surface area contributed by atoms with E-state index in [0.29, 0.717) is 18.7 Å². The molecule has 7 heteroatoms. The van der Waals surface area contributed by atoms with E-state index in [0.717, 1.165) is 42.5 Å². The number of hydrogen-bond acceptors (Lipinski definition) is 3. The molecule has 164 valence electrons. The molecule has 0 fully saturated rings. The van der Waals surface area contributed by atoms with Crippen molar-refractivity contribution in [3.05, 3.63) is 70.9 Å². The van der Waals surface area contributed by atoms with E-state index in [1.807, 2.05) is 25.1 Å². The third kappa shape index (κ3) is 7.33. The summed E-state index contributed by atoms with van der Waals surface area (Å²) < 4.78 is 0. The van der Waals surface area contributed by atoms with E-state index < -0.39 is 0 Å². The van der Waals surface area contributed by atoms with Crippen molar-refractivity contribution in [3.63, 3.8) is 0 Å². The summed E-state index contributed by atoms with van der Waals surface area (Å²) in [5.41, 5.74) is 11.0. The second-order valence-electron chi connectivity index (χ2n) is 7.44. The highest BCUT2D eigenvalue weighted by Crippen LogP contribution is 2.16. The van der Waals surface area contributed by atoms with E-state index in [9.17, 15) is 4.79 Å². The van der Waals surface area contributed by atoms with E-state index in [4.69, 9.17) is 5.73 Å². The third-order valence-electron chi connectivity index (χ3n) is 5.06. The standard InChI is InChI=1S/C23H30N4O.2ClH/c1-17-14-21-15-20(9-10-22(21)26-17)23(28)25-11-13-27(2)12-3-4-18-5-7-19(16-24)8-6-18;;/h5-10,14-15,26H,3-4,11-13,16,24H2,1-2H3,(H,25,28);2*1H. The predicted molar refractivity (Wildman–Crippen MR) is 130 cm³/mol. The van der Waals surface area contributed by atoms with Crippen LogP contribution in [0, 0.1) is 6.92 Å². The Morgan fingerprint density at radius 3 is 2.43 bits per heavy atom. The summed E-state index contributed by atoms with van der Waals surface area (Å²) >= 11 is 0. The molecule has 0 aliphatic carbocycles. The van der Waals surface area contributed by atoms with Gasteiger partial charge in [0.1, 0.15) is 0 Å². The highest BCUT2D eigenvalue weighted by molar-refractivity contribution is 5.98. The van der Waals surface area contributed by atoms with Gasteiger partial charge in [-0.05, 0) is 68.8 Å². The van der Waals surface area contributed by atoms with Crippen LogP contribution >= 0.6 is 24.8 Å². The van der Waals surface area contributed by atoms with E-state index in [1.54, 1.807) is 0 Å². The molecule has 4 N–H and O–H groups in total. The van der Waals surface area contributed by atoms with Gasteiger partial charge in [-0.1, -0.05) is 24.3 Å². The number of fused-ring (bicyclic) bond motifs is 1. The molecule has 5 nitrogen and oxygen atoms in total. The zero-order chi connectivity index (χ0) is 19.9. The van der Waals surface area contributed by atoms with Crippen LogP contribution in [0.3, 0.4) is 0 Å². The van der Waals surface area contributed by atoms with Crippen LogP contribution in [0.15, 0.2) is 48.5 Å². The van der Waals surface area contributed by atoms with Crippen molar-refractivity contribution in [2.24, 2.45) is 5.73 Å². The molecule has 0 radical (unpaired) electrons. The molecule has 1 heterocycles. The van der Waals surface area contributed by atoms with Gasteiger partial charge in [0.2, 0.25) is 0 Å². The lowest BCUT2D eigenvalue weighted by Gasteiger charge is -2.17. The van der Waals surface area contributed by atoms with Crippen LogP contribution in [0.1, 0.15) is 33.6 Å². The molecular weight excluding hydrogens is 419 g/mol. The van der Waals surface area contributed by atoms with Gasteiger partial charge in [-0.3, -0.25) is 4.79 Å². The molecule has 1 amide bonds. The maximum Gasteiger partial charge on any atom is 0.251 e. The number of amides is 1. The Kier molecular flexibility index (Phi) is 10.9. The first kappa shape index (κ1) is 26.0. The van der Waals surface area contributed by atoms with Crippen molar-refractivity contribution in [2.45, 2.75) is 26.3 Å². The Bertz CT molecular complexity index is 925. The zero-order valence-electron chi connectivity index (χ0n) is 17.6. The minimum Gasteiger partial charge on any atom is -0.359 e. The number of aryl methyl sites for hydroxylation is 2. The number of carbonyl (C=O) groups excluding carboxylic acids is 1. The fraction of sp³-hybridized carbons (Fsp3) is 0.348. The monoisotopic (exact) mass is 450 g/mol. The fourth-order valence-corrected chi connectivity index (χ4v) is 3.39. The Balaban J connectivity index is 0.00000225. The minimum absolute atomic E-state index is 0. The Labute approximate surface area is 191 Å². The smallest absolute Gasteiger partial charge is 0.251 e. The Hall–Kier alpha value is -2.05. The van der Waals surface area contributed by atoms with Gasteiger partial charge in [-0.2, -0.15) is 0 Å². The number of rotatable bonds is 9. The molecule has 0 spiro atoms. The second kappa shape index (κ2) is 12.6. The first-order valence-corrected chi connectivity index (χ1v) is 9.89. The van der Waals surface area contributed by atoms with Crippen LogP contribution < -0.4 is 11.1 Å². The van der Waals surface area contributed by atoms with Gasteiger partial charge in [-0.25, -0.2) is 0 Å². The van der Waals surface area contributed by atoms with Crippen LogP contribution in [0.4, 0.5) is 0 Å². The molecule has 30 heavy (non-hydrogen) atoms. The lowest BCUT2D eigenvalue weighted by Crippen LogP contribution is -2.33. The van der Waals surface area contributed by atoms with Crippen LogP contribution in [0.5, 0.6) is 0 Å². The summed E-state index contributed by atoms with van der Waals surface area (Å²) in [5.74, 6) is -0.0193. The molecule has 0 aliphatic heterocycles. The average Bonchev–Trinajstić information content (AvgIpc) is 3.07. The predicted octanol–water partition coefficient (Wildman–Crippen LogP) is 4.07. The number of nitrogens with one attached hydrogen (secondary N) is 2. The molecule has 3 aromatic rings. The first-order chi connectivity index (χ1) is 13.5. The highest BCUT2D eigenvalue weighted by atomic mass is 35.5. The van der Waals surface area contributed by atoms with E-state index in [2.05, 4.69) is 52.6 Å². The summed E-state index contributed by atoms with van der Waals surface area (Å²) in [4.78, 5) is 17.9. The van der Waals surface area contributed by atoms with Crippen molar-refractivity contribution >= 4 is 41.6 Å². The van der Waals surface area contributed by atoms with Crippen LogP contribution in [0.2, 0.25) is 0 Å². The first-order valence-electron chi connectivity index (χ1n) is 9.89. The Morgan fingerprint density at radius 1 is 1.03 bits per heavy atom. The van der Waals surface area contributed by atoms with Crippen molar-refractivity contribution in [1.82, 2.24) is 15.2 Å². The van der Waals surface area contributed by atoms with Gasteiger partial charge in [0.15, 0.2) is 0 Å². The van der Waals surface area contributed by atoms with E-state index >= 15 is 0 Å². The van der Waals surface area contributed by atoms with Gasteiger partial charge in [0.25, 0.3) is 5.91 Å². The fourth-order valence-electron chi connectivity index (χ4n) is 3.39. The third-order valence-corrected chi connectivity index (χ3v) is 5.06. The number of nitrogens with zero attached hydrogens (tertiary/aromatic N) is 1. The summed E-state index contributed by atoms with van der Waals surface area (Å²) in [6.45, 7) is 5.09. The van der Waals surface area contributed by atoms with E-state index in [-0.39, 0.29) is 30.7 Å². The van der Waals surface area contributed by atoms with Crippen molar-refractivity contribution in [3.8, 4) is 0 Å². The van der Waals surface area contributed by atoms with Crippen molar-refractivity contribution in [2.75, 3.05) is 26.7 Å². The summed E-state index contributed by atoms with van der Waals surface area (Å²) in [7, 11) is 2.10. The molecule has 0 saturated heterocycles. The summed E-state index contributed by atoms with van der Waals surface area (Å²) in [6, 6.07) is 16.3. The van der Waals surface area contributed by atoms with Gasteiger partial charge in [-0.15, -0.1) is 24.8 Å². The Morgan fingerprint density at radius 2 is 1.73 bits per heavy atom. The number of benzene rings is 2. The zero-order valence-corrected chi connectivity index (χ0v) is 19.2. The number of aromatic amines is 1. The average molecular weight is 451 g/mol. The normalized spacial score (nSPS) is 10.5. The van der Waals surface area contributed by atoms with Crippen LogP contribution in [-0.4, -0.2) is 42.5 Å². The number of aromatic nitrogens is 1. The van der Waals surface area contributed by atoms with Crippen molar-refractivity contribution < 1.29 is 4.79 Å². The number of halogens is 2. The lowest BCUT2D eigenvalue weighted by molar-refractivity contribution is 0.0950. The molecule has 1 aromatic heterocycles. The number of carbonyl (C=O) groups is 1. The van der Waals surface area contributed by atoms with Gasteiger partial charge >= 0.3 is 0 Å². The maximum absolute atomic E-state index is 12.4. The molecule has 0 unspecified atom stereocenters.